The highest BCUT2D eigenvalue weighted by Crippen LogP contribution is 2.15. The van der Waals surface area contributed by atoms with Gasteiger partial charge in [0.1, 0.15) is 6.20 Å². The predicted octanol–water partition coefficient (Wildman–Crippen LogP) is 1.84. The molecule has 1 aromatic rings. The topological polar surface area (TPSA) is 97.2 Å². The van der Waals surface area contributed by atoms with Crippen LogP contribution in [0.3, 0.4) is 0 Å². The summed E-state index contributed by atoms with van der Waals surface area (Å²) in [5.74, 6) is 0.288. The molecule has 0 aliphatic carbocycles. The number of aromatic nitrogens is 1. The van der Waals surface area contributed by atoms with E-state index in [4.69, 9.17) is 0 Å². The van der Waals surface area contributed by atoms with Crippen molar-refractivity contribution >= 4 is 24.0 Å². The Balaban J connectivity index is 0.00000242. The molecule has 1 aromatic heterocycles. The summed E-state index contributed by atoms with van der Waals surface area (Å²) in [4.78, 5) is 26.2. The predicted molar refractivity (Wildman–Crippen MR) is 85.4 cm³/mol. The molecule has 0 spiro atoms. The smallest absolute Gasteiger partial charge is 0.288 e. The zero-order valence-corrected chi connectivity index (χ0v) is 13.3. The largest absolute Gasteiger partial charge is 0.352 e. The molecule has 2 N–H and O–H groups in total. The molecular formula is C14H21ClN4O3. The average Bonchev–Trinajstić information content (AvgIpc) is 2.48. The highest BCUT2D eigenvalue weighted by atomic mass is 35.5. The molecule has 0 bridgehead atoms. The number of halogens is 1. The Bertz CT molecular complexity index is 533. The molecule has 2 heterocycles. The first kappa shape index (κ1) is 18.3. The van der Waals surface area contributed by atoms with Crippen LogP contribution in [0.25, 0.3) is 0 Å². The van der Waals surface area contributed by atoms with E-state index < -0.39 is 4.92 Å². The molecule has 1 fully saturated rings. The molecule has 22 heavy (non-hydrogen) atoms. The van der Waals surface area contributed by atoms with Crippen LogP contribution in [-0.2, 0) is 0 Å². The fourth-order valence-corrected chi connectivity index (χ4v) is 2.51. The van der Waals surface area contributed by atoms with Gasteiger partial charge in [0.2, 0.25) is 0 Å². The Kier molecular flexibility index (Phi) is 7.20. The maximum Gasteiger partial charge on any atom is 0.288 e. The van der Waals surface area contributed by atoms with Crippen LogP contribution in [-0.4, -0.2) is 35.4 Å². The first-order valence-corrected chi connectivity index (χ1v) is 7.18. The van der Waals surface area contributed by atoms with E-state index in [0.717, 1.165) is 19.5 Å². The van der Waals surface area contributed by atoms with E-state index in [-0.39, 0.29) is 29.6 Å². The fraction of sp³-hybridized carbons (Fsp3) is 0.571. The van der Waals surface area contributed by atoms with Gasteiger partial charge in [-0.3, -0.25) is 19.9 Å². The first-order valence-electron chi connectivity index (χ1n) is 7.18. The third-order valence-electron chi connectivity index (χ3n) is 3.77. The van der Waals surface area contributed by atoms with Gasteiger partial charge in [-0.05, 0) is 45.2 Å². The lowest BCUT2D eigenvalue weighted by molar-refractivity contribution is -0.385. The van der Waals surface area contributed by atoms with Gasteiger partial charge in [0.25, 0.3) is 11.6 Å². The number of carbonyl (C=O) groups excluding carboxylic acids is 1. The molecule has 8 heteroatoms. The Labute approximate surface area is 135 Å². The van der Waals surface area contributed by atoms with Gasteiger partial charge in [-0.2, -0.15) is 0 Å². The minimum absolute atomic E-state index is 0. The molecular weight excluding hydrogens is 308 g/mol. The van der Waals surface area contributed by atoms with Gasteiger partial charge in [-0.15, -0.1) is 12.4 Å². The van der Waals surface area contributed by atoms with E-state index in [0.29, 0.717) is 18.2 Å². The molecule has 1 atom stereocenters. The van der Waals surface area contributed by atoms with Crippen LogP contribution in [0.15, 0.2) is 12.3 Å². The van der Waals surface area contributed by atoms with Crippen molar-refractivity contribution < 1.29 is 9.72 Å². The van der Waals surface area contributed by atoms with Crippen molar-refractivity contribution in [1.82, 2.24) is 15.6 Å². The summed E-state index contributed by atoms with van der Waals surface area (Å²) in [7, 11) is 0. The second kappa shape index (κ2) is 8.65. The third kappa shape index (κ3) is 4.92. The number of nitrogens with zero attached hydrogens (tertiary/aromatic N) is 2. The van der Waals surface area contributed by atoms with Crippen molar-refractivity contribution in [1.29, 1.82) is 0 Å². The Morgan fingerprint density at radius 1 is 1.59 bits per heavy atom. The number of pyridine rings is 1. The second-order valence-electron chi connectivity index (χ2n) is 5.34. The standard InChI is InChI=1S/C14H20N4O3.ClH/c1-10-13(7-12(9-17-10)18(20)21)14(19)16-6-4-11-3-2-5-15-8-11;/h7,9,11,15H,2-6,8H2,1H3,(H,16,19);1H. The van der Waals surface area contributed by atoms with E-state index in [1.54, 1.807) is 6.92 Å². The number of hydrogen-bond acceptors (Lipinski definition) is 5. The summed E-state index contributed by atoms with van der Waals surface area (Å²) in [5.41, 5.74) is 0.602. The van der Waals surface area contributed by atoms with Gasteiger partial charge in [-0.1, -0.05) is 0 Å². The lowest BCUT2D eigenvalue weighted by Gasteiger charge is -2.22. The zero-order chi connectivity index (χ0) is 15.2. The molecule has 0 saturated carbocycles. The minimum atomic E-state index is -0.545. The van der Waals surface area contributed by atoms with Crippen LogP contribution in [0.4, 0.5) is 5.69 Å². The quantitative estimate of drug-likeness (QED) is 0.635. The summed E-state index contributed by atoms with van der Waals surface area (Å²) >= 11 is 0. The van der Waals surface area contributed by atoms with Crippen LogP contribution in [0, 0.1) is 23.0 Å². The van der Waals surface area contributed by atoms with Gasteiger partial charge in [0, 0.05) is 12.6 Å². The maximum atomic E-state index is 12.1. The summed E-state index contributed by atoms with van der Waals surface area (Å²) in [6.45, 7) is 4.31. The van der Waals surface area contributed by atoms with Crippen molar-refractivity contribution in [3.63, 3.8) is 0 Å². The highest BCUT2D eigenvalue weighted by molar-refractivity contribution is 5.95. The Morgan fingerprint density at radius 2 is 2.36 bits per heavy atom. The number of nitro groups is 1. The van der Waals surface area contributed by atoms with E-state index in [1.165, 1.54) is 25.1 Å². The van der Waals surface area contributed by atoms with Crippen molar-refractivity contribution in [2.45, 2.75) is 26.2 Å². The lowest BCUT2D eigenvalue weighted by Crippen LogP contribution is -2.33. The summed E-state index contributed by atoms with van der Waals surface area (Å²) in [5, 5.41) is 16.9. The normalized spacial score (nSPS) is 17.4. The number of piperidine rings is 1. The van der Waals surface area contributed by atoms with Gasteiger partial charge in [-0.25, -0.2) is 0 Å². The van der Waals surface area contributed by atoms with Crippen molar-refractivity contribution in [2.75, 3.05) is 19.6 Å². The number of aryl methyl sites for hydroxylation is 1. The van der Waals surface area contributed by atoms with Gasteiger partial charge in [0.15, 0.2) is 0 Å². The van der Waals surface area contributed by atoms with Crippen LogP contribution in [0.1, 0.15) is 35.3 Å². The van der Waals surface area contributed by atoms with Crippen molar-refractivity contribution in [3.05, 3.63) is 33.6 Å². The number of hydrogen-bond donors (Lipinski definition) is 2. The van der Waals surface area contributed by atoms with E-state index >= 15 is 0 Å². The monoisotopic (exact) mass is 328 g/mol. The second-order valence-corrected chi connectivity index (χ2v) is 5.34. The summed E-state index contributed by atoms with van der Waals surface area (Å²) < 4.78 is 0. The minimum Gasteiger partial charge on any atom is -0.352 e. The molecule has 1 saturated heterocycles. The average molecular weight is 329 g/mol. The van der Waals surface area contributed by atoms with E-state index in [2.05, 4.69) is 15.6 Å². The molecule has 0 radical (unpaired) electrons. The van der Waals surface area contributed by atoms with Crippen molar-refractivity contribution in [2.24, 2.45) is 5.92 Å². The SMILES string of the molecule is Cc1ncc([N+](=O)[O-])cc1C(=O)NCCC1CCCNC1.Cl. The molecule has 7 nitrogen and oxygen atoms in total. The van der Waals surface area contributed by atoms with Crippen LogP contribution in [0.2, 0.25) is 0 Å². The van der Waals surface area contributed by atoms with Gasteiger partial charge in [0.05, 0.1) is 16.2 Å². The van der Waals surface area contributed by atoms with Crippen molar-refractivity contribution in [3.8, 4) is 0 Å². The molecule has 0 aromatic carbocycles. The number of amides is 1. The first-order chi connectivity index (χ1) is 10.1. The molecule has 122 valence electrons. The van der Waals surface area contributed by atoms with Crippen LogP contribution in [0.5, 0.6) is 0 Å². The number of rotatable bonds is 5. The lowest BCUT2D eigenvalue weighted by atomic mass is 9.96. The van der Waals surface area contributed by atoms with E-state index in [9.17, 15) is 14.9 Å². The van der Waals surface area contributed by atoms with Gasteiger partial charge < -0.3 is 10.6 Å². The zero-order valence-electron chi connectivity index (χ0n) is 12.5. The number of nitrogens with one attached hydrogen (secondary N) is 2. The van der Waals surface area contributed by atoms with Crippen LogP contribution < -0.4 is 10.6 Å². The van der Waals surface area contributed by atoms with E-state index in [1.807, 2.05) is 0 Å². The molecule has 1 aliphatic rings. The fourth-order valence-electron chi connectivity index (χ4n) is 2.51. The maximum absolute atomic E-state index is 12.1. The van der Waals surface area contributed by atoms with Gasteiger partial charge >= 0.3 is 0 Å². The summed E-state index contributed by atoms with van der Waals surface area (Å²) in [6.07, 6.45) is 4.44. The molecule has 1 amide bonds. The Morgan fingerprint density at radius 3 is 3.00 bits per heavy atom. The molecule has 1 unspecified atom stereocenters. The van der Waals surface area contributed by atoms with Crippen LogP contribution >= 0.6 is 12.4 Å². The molecule has 1 aliphatic heterocycles. The third-order valence-corrected chi connectivity index (χ3v) is 3.77. The number of carbonyl (C=O) groups is 1. The molecule has 2 rings (SSSR count). The Hall–Kier alpha value is -1.73. The highest BCUT2D eigenvalue weighted by Gasteiger charge is 2.17. The summed E-state index contributed by atoms with van der Waals surface area (Å²) in [6, 6.07) is 1.28.